The number of nitrogens with zero attached hydrogens (tertiary/aromatic N) is 1. The van der Waals surface area contributed by atoms with E-state index in [1.807, 2.05) is 6.92 Å². The Kier molecular flexibility index (Phi) is 3.65. The number of anilines is 1. The molecule has 1 aliphatic heterocycles. The van der Waals surface area contributed by atoms with Crippen LogP contribution in [0.5, 0.6) is 11.5 Å². The van der Waals surface area contributed by atoms with Crippen LogP contribution in [-0.4, -0.2) is 34.4 Å². The zero-order valence-electron chi connectivity index (χ0n) is 10.5. The number of hydrogen-bond acceptors (Lipinski definition) is 4. The highest BCUT2D eigenvalue weighted by molar-refractivity contribution is 7.92. The molecule has 0 N–H and O–H groups in total. The molecule has 5 nitrogen and oxygen atoms in total. The quantitative estimate of drug-likeness (QED) is 0.835. The van der Waals surface area contributed by atoms with Crippen LogP contribution < -0.4 is 13.8 Å². The predicted molar refractivity (Wildman–Crippen MR) is 69.9 cm³/mol. The Balaban J connectivity index is 2.29. The minimum absolute atomic E-state index is 0.137. The normalized spacial score (nSPS) is 14.3. The van der Waals surface area contributed by atoms with Crippen molar-refractivity contribution in [2.45, 2.75) is 13.3 Å². The van der Waals surface area contributed by atoms with Crippen molar-refractivity contribution < 1.29 is 17.9 Å². The molecule has 0 bridgehead atoms. The van der Waals surface area contributed by atoms with Gasteiger partial charge in [0.15, 0.2) is 11.5 Å². The van der Waals surface area contributed by atoms with Crippen LogP contribution >= 0.6 is 0 Å². The second-order valence-electron chi connectivity index (χ2n) is 4.11. The van der Waals surface area contributed by atoms with E-state index in [0.717, 1.165) is 0 Å². The summed E-state index contributed by atoms with van der Waals surface area (Å²) in [5.74, 6) is 1.39. The molecule has 0 amide bonds. The molecule has 2 rings (SSSR count). The third kappa shape index (κ3) is 2.53. The van der Waals surface area contributed by atoms with Gasteiger partial charge in [-0.2, -0.15) is 0 Å². The maximum Gasteiger partial charge on any atom is 0.234 e. The highest BCUT2D eigenvalue weighted by Gasteiger charge is 2.20. The van der Waals surface area contributed by atoms with E-state index in [4.69, 9.17) is 9.47 Å². The third-order valence-electron chi connectivity index (χ3n) is 2.77. The van der Waals surface area contributed by atoms with Gasteiger partial charge in [0, 0.05) is 13.1 Å². The molecule has 0 atom stereocenters. The summed E-state index contributed by atoms with van der Waals surface area (Å²) in [4.78, 5) is 0. The SMILES string of the molecule is CCCS(=O)(=O)N(C)c1ccc2c(c1)OCCO2. The van der Waals surface area contributed by atoms with Crippen molar-refractivity contribution in [2.24, 2.45) is 0 Å². The predicted octanol–water partition coefficient (Wildman–Crippen LogP) is 1.63. The van der Waals surface area contributed by atoms with Crippen molar-refractivity contribution in [1.82, 2.24) is 0 Å². The van der Waals surface area contributed by atoms with Crippen LogP contribution in [0.2, 0.25) is 0 Å². The van der Waals surface area contributed by atoms with Gasteiger partial charge in [0.25, 0.3) is 0 Å². The molecule has 0 fully saturated rings. The van der Waals surface area contributed by atoms with Crippen molar-refractivity contribution in [1.29, 1.82) is 0 Å². The maximum atomic E-state index is 12.0. The van der Waals surface area contributed by atoms with Gasteiger partial charge in [-0.15, -0.1) is 0 Å². The van der Waals surface area contributed by atoms with E-state index < -0.39 is 10.0 Å². The molecule has 6 heteroatoms. The summed E-state index contributed by atoms with van der Waals surface area (Å²) in [6.07, 6.45) is 0.594. The highest BCUT2D eigenvalue weighted by atomic mass is 32.2. The summed E-state index contributed by atoms with van der Waals surface area (Å²) in [6.45, 7) is 2.85. The fourth-order valence-corrected chi connectivity index (χ4v) is 3.01. The highest BCUT2D eigenvalue weighted by Crippen LogP contribution is 2.34. The monoisotopic (exact) mass is 271 g/mol. The molecule has 0 radical (unpaired) electrons. The molecule has 18 heavy (non-hydrogen) atoms. The van der Waals surface area contributed by atoms with Crippen LogP contribution in [0.1, 0.15) is 13.3 Å². The van der Waals surface area contributed by atoms with Gasteiger partial charge in [0.05, 0.1) is 11.4 Å². The second kappa shape index (κ2) is 5.06. The fraction of sp³-hybridized carbons (Fsp3) is 0.500. The lowest BCUT2D eigenvalue weighted by atomic mass is 10.2. The lowest BCUT2D eigenvalue weighted by molar-refractivity contribution is 0.171. The number of hydrogen-bond donors (Lipinski definition) is 0. The summed E-state index contributed by atoms with van der Waals surface area (Å²) in [7, 11) is -1.70. The molecule has 1 aromatic rings. The van der Waals surface area contributed by atoms with E-state index in [1.165, 1.54) is 4.31 Å². The molecule has 0 saturated heterocycles. The maximum absolute atomic E-state index is 12.0. The molecule has 100 valence electrons. The van der Waals surface area contributed by atoms with Gasteiger partial charge in [-0.05, 0) is 18.6 Å². The van der Waals surface area contributed by atoms with E-state index in [2.05, 4.69) is 0 Å². The third-order valence-corrected chi connectivity index (χ3v) is 4.74. The number of rotatable bonds is 4. The van der Waals surface area contributed by atoms with Crippen LogP contribution in [0.4, 0.5) is 5.69 Å². The molecule has 0 unspecified atom stereocenters. The molecule has 1 aromatic carbocycles. The van der Waals surface area contributed by atoms with Crippen molar-refractivity contribution in [3.8, 4) is 11.5 Å². The van der Waals surface area contributed by atoms with E-state index >= 15 is 0 Å². The summed E-state index contributed by atoms with van der Waals surface area (Å²) in [5, 5.41) is 0. The first-order valence-electron chi connectivity index (χ1n) is 5.91. The minimum atomic E-state index is -3.25. The van der Waals surface area contributed by atoms with Crippen LogP contribution in [0, 0.1) is 0 Å². The number of benzene rings is 1. The summed E-state index contributed by atoms with van der Waals surface area (Å²) in [6, 6.07) is 5.16. The van der Waals surface area contributed by atoms with Crippen LogP contribution in [0.3, 0.4) is 0 Å². The summed E-state index contributed by atoms with van der Waals surface area (Å²) >= 11 is 0. The van der Waals surface area contributed by atoms with Gasteiger partial charge in [-0.1, -0.05) is 6.92 Å². The van der Waals surface area contributed by atoms with E-state index in [9.17, 15) is 8.42 Å². The smallest absolute Gasteiger partial charge is 0.234 e. The molecular weight excluding hydrogens is 254 g/mol. The zero-order valence-corrected chi connectivity index (χ0v) is 11.4. The van der Waals surface area contributed by atoms with E-state index in [-0.39, 0.29) is 5.75 Å². The van der Waals surface area contributed by atoms with Crippen molar-refractivity contribution in [2.75, 3.05) is 30.3 Å². The number of ether oxygens (including phenoxy) is 2. The summed E-state index contributed by atoms with van der Waals surface area (Å²) < 4.78 is 36.0. The first-order chi connectivity index (χ1) is 8.54. The molecule has 0 aliphatic carbocycles. The van der Waals surface area contributed by atoms with Gasteiger partial charge in [0.2, 0.25) is 10.0 Å². The number of sulfonamides is 1. The average Bonchev–Trinajstić information content (AvgIpc) is 2.37. The molecule has 0 saturated carbocycles. The molecule has 1 aliphatic rings. The second-order valence-corrected chi connectivity index (χ2v) is 6.23. The number of fused-ring (bicyclic) bond motifs is 1. The van der Waals surface area contributed by atoms with Gasteiger partial charge in [-0.3, -0.25) is 4.31 Å². The lowest BCUT2D eigenvalue weighted by Gasteiger charge is -2.23. The Bertz CT molecular complexity index is 527. The Labute approximate surface area is 107 Å². The Morgan fingerprint density at radius 3 is 2.56 bits per heavy atom. The molecule has 1 heterocycles. The molecular formula is C12H17NO4S. The first kappa shape index (κ1) is 13.0. The Morgan fingerprint density at radius 2 is 1.89 bits per heavy atom. The van der Waals surface area contributed by atoms with Crippen LogP contribution in [-0.2, 0) is 10.0 Å². The first-order valence-corrected chi connectivity index (χ1v) is 7.52. The fourth-order valence-electron chi connectivity index (χ4n) is 1.78. The summed E-state index contributed by atoms with van der Waals surface area (Å²) in [5.41, 5.74) is 0.590. The topological polar surface area (TPSA) is 55.8 Å². The molecule has 0 aromatic heterocycles. The average molecular weight is 271 g/mol. The van der Waals surface area contributed by atoms with Gasteiger partial charge < -0.3 is 9.47 Å². The van der Waals surface area contributed by atoms with Crippen LogP contribution in [0.25, 0.3) is 0 Å². The molecule has 0 spiro atoms. The van der Waals surface area contributed by atoms with Gasteiger partial charge >= 0.3 is 0 Å². The van der Waals surface area contributed by atoms with Gasteiger partial charge in [-0.25, -0.2) is 8.42 Å². The van der Waals surface area contributed by atoms with Crippen molar-refractivity contribution in [3.05, 3.63) is 18.2 Å². The van der Waals surface area contributed by atoms with Crippen molar-refractivity contribution in [3.63, 3.8) is 0 Å². The Hall–Kier alpha value is -1.43. The standard InChI is InChI=1S/C12H17NO4S/c1-3-8-18(14,15)13(2)10-4-5-11-12(9-10)17-7-6-16-11/h4-5,9H,3,6-8H2,1-2H3. The minimum Gasteiger partial charge on any atom is -0.486 e. The van der Waals surface area contributed by atoms with E-state index in [1.54, 1.807) is 25.2 Å². The zero-order chi connectivity index (χ0) is 13.2. The van der Waals surface area contributed by atoms with E-state index in [0.29, 0.717) is 36.8 Å². The van der Waals surface area contributed by atoms with Crippen molar-refractivity contribution >= 4 is 15.7 Å². The van der Waals surface area contributed by atoms with Gasteiger partial charge in [0.1, 0.15) is 13.2 Å². The Morgan fingerprint density at radius 1 is 1.22 bits per heavy atom. The van der Waals surface area contributed by atoms with Crippen LogP contribution in [0.15, 0.2) is 18.2 Å². The largest absolute Gasteiger partial charge is 0.486 e. The lowest BCUT2D eigenvalue weighted by Crippen LogP contribution is -2.29.